The maximum absolute atomic E-state index is 11.6. The Labute approximate surface area is 92.3 Å². The molecule has 0 unspecified atom stereocenters. The van der Waals surface area contributed by atoms with E-state index < -0.39 is 0 Å². The molecule has 4 nitrogen and oxygen atoms in total. The predicted octanol–water partition coefficient (Wildman–Crippen LogP) is 0.683. The Hall–Kier alpha value is -1.67. The highest BCUT2D eigenvalue weighted by molar-refractivity contribution is 7.98. The van der Waals surface area contributed by atoms with Crippen molar-refractivity contribution in [2.24, 2.45) is 0 Å². The van der Waals surface area contributed by atoms with E-state index in [1.165, 1.54) is 22.0 Å². The van der Waals surface area contributed by atoms with Gasteiger partial charge in [0.25, 0.3) is 5.56 Å². The quantitative estimate of drug-likeness (QED) is 0.600. The molecule has 1 heterocycles. The van der Waals surface area contributed by atoms with Gasteiger partial charge >= 0.3 is 0 Å². The van der Waals surface area contributed by atoms with E-state index in [1.807, 2.05) is 0 Å². The zero-order valence-electron chi connectivity index (χ0n) is 8.14. The van der Waals surface area contributed by atoms with E-state index in [-0.39, 0.29) is 11.4 Å². The third kappa shape index (κ3) is 2.89. The van der Waals surface area contributed by atoms with Gasteiger partial charge < -0.3 is 5.73 Å². The lowest BCUT2D eigenvalue weighted by atomic mass is 10.4. The predicted molar refractivity (Wildman–Crippen MR) is 63.5 cm³/mol. The number of terminal acetylenes is 1. The van der Waals surface area contributed by atoms with Crippen LogP contribution in [0.1, 0.15) is 5.82 Å². The van der Waals surface area contributed by atoms with Crippen LogP contribution in [0.2, 0.25) is 0 Å². The lowest BCUT2D eigenvalue weighted by Gasteiger charge is -2.08. The molecule has 1 rings (SSSR count). The summed E-state index contributed by atoms with van der Waals surface area (Å²) in [6.07, 6.45) is 7.27. The van der Waals surface area contributed by atoms with Crippen molar-refractivity contribution in [3.05, 3.63) is 34.9 Å². The Bertz CT molecular complexity index is 459. The van der Waals surface area contributed by atoms with Gasteiger partial charge in [-0.15, -0.1) is 13.0 Å². The van der Waals surface area contributed by atoms with Crippen LogP contribution in [0, 0.1) is 12.3 Å². The van der Waals surface area contributed by atoms with Gasteiger partial charge in [0.05, 0.1) is 5.75 Å². The summed E-state index contributed by atoms with van der Waals surface area (Å²) in [4.78, 5) is 15.6. The van der Waals surface area contributed by atoms with Crippen molar-refractivity contribution in [2.75, 3.05) is 11.5 Å². The second-order valence-corrected chi connectivity index (χ2v) is 3.61. The molecule has 0 saturated heterocycles. The zero-order chi connectivity index (χ0) is 11.3. The van der Waals surface area contributed by atoms with Crippen LogP contribution in [0.25, 0.3) is 0 Å². The van der Waals surface area contributed by atoms with Gasteiger partial charge in [-0.2, -0.15) is 0 Å². The molecule has 0 spiro atoms. The van der Waals surface area contributed by atoms with Crippen LogP contribution in [0.3, 0.4) is 0 Å². The molecule has 15 heavy (non-hydrogen) atoms. The van der Waals surface area contributed by atoms with Crippen molar-refractivity contribution in [3.63, 3.8) is 0 Å². The smallest absolute Gasteiger partial charge is 0.265 e. The van der Waals surface area contributed by atoms with Crippen LogP contribution >= 0.6 is 11.9 Å². The number of aromatic nitrogens is 2. The summed E-state index contributed by atoms with van der Waals surface area (Å²) in [6, 6.07) is 1.27. The summed E-state index contributed by atoms with van der Waals surface area (Å²) in [7, 11) is 0. The zero-order valence-corrected chi connectivity index (χ0v) is 8.96. The van der Waals surface area contributed by atoms with Crippen molar-refractivity contribution < 1.29 is 0 Å². The first-order valence-corrected chi connectivity index (χ1v) is 5.19. The Morgan fingerprint density at radius 3 is 3.13 bits per heavy atom. The molecule has 1 aromatic rings. The number of nitrogens with two attached hydrogens (primary N) is 1. The standard InChI is InChI=1S/C10H11N3OS/c1-3-5-9-12-8(11)7-10(14)13(9)15-6-4-2/h2-3,7H,1,5-6,11H2. The third-order valence-corrected chi connectivity index (χ3v) is 2.51. The summed E-state index contributed by atoms with van der Waals surface area (Å²) in [6.45, 7) is 3.59. The Kier molecular flexibility index (Phi) is 4.01. The summed E-state index contributed by atoms with van der Waals surface area (Å²) < 4.78 is 1.44. The average molecular weight is 221 g/mol. The van der Waals surface area contributed by atoms with Crippen molar-refractivity contribution in [1.82, 2.24) is 8.96 Å². The molecule has 5 heteroatoms. The van der Waals surface area contributed by atoms with Crippen molar-refractivity contribution in [2.45, 2.75) is 6.42 Å². The molecule has 0 radical (unpaired) electrons. The van der Waals surface area contributed by atoms with E-state index >= 15 is 0 Å². The minimum absolute atomic E-state index is 0.209. The van der Waals surface area contributed by atoms with Crippen LogP contribution < -0.4 is 11.3 Å². The summed E-state index contributed by atoms with van der Waals surface area (Å²) in [5.74, 6) is 3.64. The van der Waals surface area contributed by atoms with E-state index in [2.05, 4.69) is 17.5 Å². The third-order valence-electron chi connectivity index (χ3n) is 1.57. The van der Waals surface area contributed by atoms with Gasteiger partial charge in [-0.3, -0.25) is 4.79 Å². The van der Waals surface area contributed by atoms with Gasteiger partial charge in [-0.1, -0.05) is 12.0 Å². The summed E-state index contributed by atoms with van der Waals surface area (Å²) in [5, 5.41) is 0. The number of nitrogens with zero attached hydrogens (tertiary/aromatic N) is 2. The molecule has 0 aliphatic rings. The van der Waals surface area contributed by atoms with Crippen LogP contribution in [-0.2, 0) is 6.42 Å². The minimum Gasteiger partial charge on any atom is -0.383 e. The lowest BCUT2D eigenvalue weighted by molar-refractivity contribution is 0.928. The molecule has 2 N–H and O–H groups in total. The molecule has 0 saturated carbocycles. The SMILES string of the molecule is C#CCSn1c(CC=C)nc(N)cc1=O. The van der Waals surface area contributed by atoms with Crippen LogP contribution in [-0.4, -0.2) is 14.7 Å². The van der Waals surface area contributed by atoms with E-state index in [4.69, 9.17) is 12.2 Å². The topological polar surface area (TPSA) is 60.9 Å². The van der Waals surface area contributed by atoms with Crippen molar-refractivity contribution >= 4 is 17.8 Å². The number of hydrogen-bond donors (Lipinski definition) is 1. The molecule has 0 aliphatic carbocycles. The molecule has 0 bridgehead atoms. The molecule has 0 atom stereocenters. The molecule has 0 fully saturated rings. The number of nitrogen functional groups attached to an aromatic ring is 1. The number of hydrogen-bond acceptors (Lipinski definition) is 4. The Morgan fingerprint density at radius 1 is 1.80 bits per heavy atom. The van der Waals surface area contributed by atoms with Gasteiger partial charge in [0.15, 0.2) is 0 Å². The fourth-order valence-electron chi connectivity index (χ4n) is 1.04. The van der Waals surface area contributed by atoms with E-state index in [0.717, 1.165) is 0 Å². The van der Waals surface area contributed by atoms with Crippen molar-refractivity contribution in [3.8, 4) is 12.3 Å². The maximum Gasteiger partial charge on any atom is 0.265 e. The minimum atomic E-state index is -0.209. The fourth-order valence-corrected chi connectivity index (χ4v) is 1.68. The van der Waals surface area contributed by atoms with Crippen LogP contribution in [0.4, 0.5) is 5.82 Å². The normalized spacial score (nSPS) is 9.53. The fraction of sp³-hybridized carbons (Fsp3) is 0.200. The van der Waals surface area contributed by atoms with Crippen LogP contribution in [0.5, 0.6) is 0 Å². The average Bonchev–Trinajstić information content (AvgIpc) is 2.17. The molecule has 1 aromatic heterocycles. The largest absolute Gasteiger partial charge is 0.383 e. The lowest BCUT2D eigenvalue weighted by Crippen LogP contribution is -2.21. The first-order valence-electron chi connectivity index (χ1n) is 4.25. The second-order valence-electron chi connectivity index (χ2n) is 2.70. The maximum atomic E-state index is 11.6. The molecule has 0 aromatic carbocycles. The number of anilines is 1. The monoisotopic (exact) mass is 221 g/mol. The Morgan fingerprint density at radius 2 is 2.53 bits per heavy atom. The first kappa shape index (κ1) is 11.4. The van der Waals surface area contributed by atoms with Gasteiger partial charge in [-0.05, 0) is 11.9 Å². The summed E-state index contributed by atoms with van der Waals surface area (Å²) >= 11 is 1.22. The van der Waals surface area contributed by atoms with Gasteiger partial charge in [0.2, 0.25) is 0 Å². The molecule has 0 amide bonds. The Balaban J connectivity index is 3.15. The number of allylic oxidation sites excluding steroid dienone is 1. The molecule has 0 aliphatic heterocycles. The summed E-state index contributed by atoms with van der Waals surface area (Å²) in [5.41, 5.74) is 5.27. The van der Waals surface area contributed by atoms with Gasteiger partial charge in [0.1, 0.15) is 11.6 Å². The van der Waals surface area contributed by atoms with E-state index in [0.29, 0.717) is 18.0 Å². The molecular weight excluding hydrogens is 210 g/mol. The highest BCUT2D eigenvalue weighted by Gasteiger charge is 2.05. The second kappa shape index (κ2) is 5.27. The van der Waals surface area contributed by atoms with Crippen LogP contribution in [0.15, 0.2) is 23.5 Å². The van der Waals surface area contributed by atoms with Gasteiger partial charge in [0, 0.05) is 12.5 Å². The van der Waals surface area contributed by atoms with E-state index in [9.17, 15) is 4.79 Å². The number of rotatable bonds is 4. The van der Waals surface area contributed by atoms with E-state index in [1.54, 1.807) is 6.08 Å². The molecular formula is C10H11N3OS. The first-order chi connectivity index (χ1) is 7.19. The van der Waals surface area contributed by atoms with Gasteiger partial charge in [-0.25, -0.2) is 8.96 Å². The highest BCUT2D eigenvalue weighted by Crippen LogP contribution is 2.07. The molecule has 78 valence electrons. The highest BCUT2D eigenvalue weighted by atomic mass is 32.2. The van der Waals surface area contributed by atoms with Crippen molar-refractivity contribution in [1.29, 1.82) is 0 Å².